The van der Waals surface area contributed by atoms with Crippen LogP contribution in [-0.2, 0) is 32.0 Å². The van der Waals surface area contributed by atoms with Crippen LogP contribution in [0.2, 0.25) is 5.02 Å². The van der Waals surface area contributed by atoms with E-state index in [0.717, 1.165) is 53.7 Å². The summed E-state index contributed by atoms with van der Waals surface area (Å²) in [4.78, 5) is 67.5. The van der Waals surface area contributed by atoms with E-state index < -0.39 is 38.2 Å². The number of fused-ring (bicyclic) bond motifs is 1. The van der Waals surface area contributed by atoms with Gasteiger partial charge in [0.05, 0.1) is 30.7 Å². The van der Waals surface area contributed by atoms with Crippen molar-refractivity contribution in [3.05, 3.63) is 37.4 Å². The number of anilines is 2. The molecule has 0 radical (unpaired) electrons. The SMILES string of the molecule is CCNc1nc(NC(C)(C)C)nc(SC)n1.COC(=O)CSc1cc(N=c2sc(=O)n3n2CCCC3)c(F)cc1Cl.O=C(O)CNCP(=O)(O)O. The molecule has 0 aliphatic carbocycles. The number of rotatable bonds is 12. The van der Waals surface area contributed by atoms with Gasteiger partial charge in [0.2, 0.25) is 16.7 Å². The number of aliphatic carboxylic acids is 1. The van der Waals surface area contributed by atoms with Crippen molar-refractivity contribution >= 4 is 83.6 Å². The summed E-state index contributed by atoms with van der Waals surface area (Å²) in [6, 6.07) is 2.64. The molecule has 1 aliphatic rings. The number of thioether (sulfide) groups is 2. The number of nitrogens with zero attached hydrogens (tertiary/aromatic N) is 6. The van der Waals surface area contributed by atoms with Crippen LogP contribution >= 0.6 is 54.1 Å². The lowest BCUT2D eigenvalue weighted by Gasteiger charge is -2.20. The van der Waals surface area contributed by atoms with Crippen molar-refractivity contribution in [2.45, 2.75) is 69.2 Å². The second kappa shape index (κ2) is 20.9. The van der Waals surface area contributed by atoms with Gasteiger partial charge in [-0.2, -0.15) is 15.0 Å². The van der Waals surface area contributed by atoms with E-state index in [9.17, 15) is 23.3 Å². The van der Waals surface area contributed by atoms with E-state index in [2.05, 4.69) is 61.4 Å². The fraction of sp³-hybridized carbons (Fsp3) is 0.536. The lowest BCUT2D eigenvalue weighted by Crippen LogP contribution is -2.31. The number of carbonyl (C=O) groups excluding carboxylic acids is 1. The molecule has 0 bridgehead atoms. The molecule has 4 rings (SSSR count). The molecule has 1 aliphatic heterocycles. The Hall–Kier alpha value is -3.04. The van der Waals surface area contributed by atoms with E-state index in [-0.39, 0.29) is 26.9 Å². The van der Waals surface area contributed by atoms with Gasteiger partial charge in [0.15, 0.2) is 5.16 Å². The largest absolute Gasteiger partial charge is 0.480 e. The molecule has 0 unspecified atom stereocenters. The maximum atomic E-state index is 14.3. The van der Waals surface area contributed by atoms with Crippen LogP contribution in [0.15, 0.2) is 32.0 Å². The number of hydrogen-bond donors (Lipinski definition) is 6. The molecule has 284 valence electrons. The summed E-state index contributed by atoms with van der Waals surface area (Å²) in [5, 5.41) is 17.3. The summed E-state index contributed by atoms with van der Waals surface area (Å²) in [5.41, 5.74) is 0.0278. The number of halogens is 2. The zero-order chi connectivity index (χ0) is 38.4. The number of benzene rings is 1. The summed E-state index contributed by atoms with van der Waals surface area (Å²) in [6.45, 7) is 9.91. The topological polar surface area (TPSA) is 235 Å². The molecule has 0 fully saturated rings. The monoisotopic (exact) mass is 813 g/mol. The van der Waals surface area contributed by atoms with Gasteiger partial charge < -0.3 is 30.3 Å². The number of esters is 1. The molecular weight excluding hydrogens is 772 g/mol. The number of carbonyl (C=O) groups is 2. The lowest BCUT2D eigenvalue weighted by atomic mass is 10.1. The molecule has 3 aromatic rings. The Morgan fingerprint density at radius 1 is 1.16 bits per heavy atom. The third kappa shape index (κ3) is 16.5. The Morgan fingerprint density at radius 2 is 1.80 bits per heavy atom. The van der Waals surface area contributed by atoms with Crippen LogP contribution in [0.4, 0.5) is 22.0 Å². The third-order valence-electron chi connectivity index (χ3n) is 5.90. The molecule has 0 amide bonds. The first-order valence-corrected chi connectivity index (χ1v) is 20.4. The molecule has 0 saturated heterocycles. The van der Waals surface area contributed by atoms with E-state index in [1.807, 2.05) is 13.2 Å². The van der Waals surface area contributed by atoms with Crippen molar-refractivity contribution in [1.82, 2.24) is 29.6 Å². The molecule has 6 N–H and O–H groups in total. The number of ether oxygens (including phenoxy) is 1. The standard InChI is InChI=1S/C15H15ClFN3O3S2.C10H19N5S.C3H8NO5P/c1-23-13(21)8-24-12-7-11(10(17)6-9(12)16)18-14-19-4-2-3-5-20(19)15(22)25-14;1-6-11-7-12-8(15-10(2,3)4)14-9(13-7)16-5;5-3(6)1-4-2-10(7,8)9/h6-7H,2-5,8H2,1H3;6H2,1-5H3,(H2,11,12,13,14,15);4H,1-2H2,(H,5,6)(H2,7,8,9). The van der Waals surface area contributed by atoms with Gasteiger partial charge >= 0.3 is 24.4 Å². The van der Waals surface area contributed by atoms with Crippen LogP contribution in [-0.4, -0.2) is 95.2 Å². The van der Waals surface area contributed by atoms with Crippen LogP contribution in [0.3, 0.4) is 0 Å². The van der Waals surface area contributed by atoms with Gasteiger partial charge in [0.1, 0.15) is 11.5 Å². The maximum absolute atomic E-state index is 14.3. The van der Waals surface area contributed by atoms with Crippen molar-refractivity contribution in [3.63, 3.8) is 0 Å². The summed E-state index contributed by atoms with van der Waals surface area (Å²) >= 11 is 9.68. The highest BCUT2D eigenvalue weighted by atomic mass is 35.5. The summed E-state index contributed by atoms with van der Waals surface area (Å²) in [6.07, 6.45) is 3.25. The third-order valence-corrected chi connectivity index (χ3v) is 9.40. The predicted octanol–water partition coefficient (Wildman–Crippen LogP) is 3.83. The Balaban J connectivity index is 0.000000297. The minimum Gasteiger partial charge on any atom is -0.480 e. The highest BCUT2D eigenvalue weighted by molar-refractivity contribution is 8.00. The van der Waals surface area contributed by atoms with Crippen LogP contribution in [0.1, 0.15) is 40.5 Å². The highest BCUT2D eigenvalue weighted by Gasteiger charge is 2.16. The van der Waals surface area contributed by atoms with E-state index in [0.29, 0.717) is 34.7 Å². The number of carboxylic acids is 1. The Labute approximate surface area is 311 Å². The number of nitrogens with one attached hydrogen (secondary N) is 3. The van der Waals surface area contributed by atoms with Gasteiger partial charge in [-0.1, -0.05) is 23.4 Å². The van der Waals surface area contributed by atoms with E-state index in [1.54, 1.807) is 9.36 Å². The minimum absolute atomic E-state index is 0.0550. The first kappa shape index (κ1) is 44.1. The number of carboxylic acid groups (broad SMARTS) is 1. The first-order chi connectivity index (χ1) is 23.8. The minimum atomic E-state index is -4.10. The molecule has 0 spiro atoms. The molecule has 0 atom stereocenters. The van der Waals surface area contributed by atoms with Gasteiger partial charge in [-0.05, 0) is 70.3 Å². The second-order valence-electron chi connectivity index (χ2n) is 11.3. The number of methoxy groups -OCH3 is 1. The molecule has 2 aromatic heterocycles. The van der Waals surface area contributed by atoms with Gasteiger partial charge in [0.25, 0.3) is 0 Å². The maximum Gasteiger partial charge on any atom is 0.339 e. The normalized spacial score (nSPS) is 12.9. The van der Waals surface area contributed by atoms with Gasteiger partial charge in [-0.25, -0.2) is 14.1 Å². The van der Waals surface area contributed by atoms with E-state index >= 15 is 0 Å². The Bertz CT molecular complexity index is 1810. The summed E-state index contributed by atoms with van der Waals surface area (Å²) in [7, 11) is -2.80. The van der Waals surface area contributed by atoms with Crippen LogP contribution in [0.5, 0.6) is 0 Å². The average Bonchev–Trinajstić information content (AvgIpc) is 3.35. The zero-order valence-electron chi connectivity index (χ0n) is 28.8. The van der Waals surface area contributed by atoms with Crippen LogP contribution < -0.4 is 25.6 Å². The molecule has 17 nitrogen and oxygen atoms in total. The van der Waals surface area contributed by atoms with Gasteiger partial charge in [0, 0.05) is 30.1 Å². The molecule has 1 aromatic carbocycles. The van der Waals surface area contributed by atoms with Gasteiger partial charge in [-0.3, -0.25) is 28.9 Å². The van der Waals surface area contributed by atoms with Crippen LogP contribution in [0.25, 0.3) is 0 Å². The molecule has 0 saturated carbocycles. The van der Waals surface area contributed by atoms with E-state index in [4.69, 9.17) is 26.5 Å². The fourth-order valence-electron chi connectivity index (χ4n) is 3.82. The first-order valence-electron chi connectivity index (χ1n) is 15.2. The fourth-order valence-corrected chi connectivity index (χ4v) is 6.56. The Morgan fingerprint density at radius 3 is 2.37 bits per heavy atom. The van der Waals surface area contributed by atoms with Crippen molar-refractivity contribution in [2.75, 3.05) is 49.1 Å². The zero-order valence-corrected chi connectivity index (χ0v) is 32.9. The number of aromatic nitrogens is 5. The number of hydrogen-bond acceptors (Lipinski definition) is 15. The van der Waals surface area contributed by atoms with Crippen molar-refractivity contribution < 1.29 is 38.2 Å². The quantitative estimate of drug-likeness (QED) is 0.0866. The summed E-state index contributed by atoms with van der Waals surface area (Å²) in [5.74, 6) is -0.835. The molecule has 23 heteroatoms. The average molecular weight is 814 g/mol. The second-order valence-corrected chi connectivity index (χ2v) is 16.1. The Kier molecular flexibility index (Phi) is 18.0. The predicted molar refractivity (Wildman–Crippen MR) is 197 cm³/mol. The van der Waals surface area contributed by atoms with Crippen molar-refractivity contribution in [2.24, 2.45) is 4.99 Å². The smallest absolute Gasteiger partial charge is 0.339 e. The molecular formula is C28H42ClFN9O8PS3. The van der Waals surface area contributed by atoms with Crippen molar-refractivity contribution in [1.29, 1.82) is 0 Å². The van der Waals surface area contributed by atoms with Crippen molar-refractivity contribution in [3.8, 4) is 0 Å². The highest BCUT2D eigenvalue weighted by Crippen LogP contribution is 2.33. The molecule has 51 heavy (non-hydrogen) atoms. The van der Waals surface area contributed by atoms with E-state index in [1.165, 1.54) is 24.9 Å². The van der Waals surface area contributed by atoms with Crippen LogP contribution in [0, 0.1) is 5.82 Å². The summed E-state index contributed by atoms with van der Waals surface area (Å²) < 4.78 is 32.3. The lowest BCUT2D eigenvalue weighted by molar-refractivity contribution is -0.137. The van der Waals surface area contributed by atoms with Gasteiger partial charge in [-0.15, -0.1) is 11.8 Å². The molecule has 3 heterocycles.